The van der Waals surface area contributed by atoms with Gasteiger partial charge in [-0.2, -0.15) is 0 Å². The van der Waals surface area contributed by atoms with Gasteiger partial charge in [0, 0.05) is 17.2 Å². The van der Waals surface area contributed by atoms with E-state index >= 15 is 0 Å². The van der Waals surface area contributed by atoms with Crippen molar-refractivity contribution < 1.29 is 23.8 Å². The van der Waals surface area contributed by atoms with E-state index in [9.17, 15) is 9.59 Å². The van der Waals surface area contributed by atoms with Gasteiger partial charge in [0.1, 0.15) is 5.75 Å². The molecule has 1 aliphatic heterocycles. The third-order valence-corrected chi connectivity index (χ3v) is 8.38. The van der Waals surface area contributed by atoms with Gasteiger partial charge in [-0.25, -0.2) is 4.79 Å². The predicted octanol–water partition coefficient (Wildman–Crippen LogP) is 8.49. The summed E-state index contributed by atoms with van der Waals surface area (Å²) in [6.07, 6.45) is 12.8. The SMILES string of the molecule is CCC[C@H]1CCC[C@@H]1CCC(=CC=CC(=O)OCC(=O)c1ccc(-c2ccccc2)cc1)C1OCc2ccccc2O1. The third kappa shape index (κ3) is 7.86. The molecule has 2 aliphatic rings. The van der Waals surface area contributed by atoms with Gasteiger partial charge in [-0.3, -0.25) is 4.79 Å². The molecule has 1 aliphatic carbocycles. The van der Waals surface area contributed by atoms with E-state index in [1.807, 2.05) is 72.8 Å². The summed E-state index contributed by atoms with van der Waals surface area (Å²) in [5.74, 6) is 1.54. The standard InChI is InChI=1S/C37H40O5/c1-2-10-27-14-8-15-29(27)21-24-32(37-41-25-33-13-6-7-17-35(33)42-37)16-9-18-36(39)40-26-34(38)31-22-19-30(20-23-31)28-11-4-3-5-12-28/h3-7,9,11-13,16-20,22-23,27,29,37H,2,8,10,14-15,21,24-26H2,1H3/t27-,29+,37?/m0/s1. The quantitative estimate of drug-likeness (QED) is 0.0955. The van der Waals surface area contributed by atoms with Gasteiger partial charge >= 0.3 is 5.97 Å². The van der Waals surface area contributed by atoms with E-state index in [0.717, 1.165) is 46.8 Å². The Labute approximate surface area is 249 Å². The van der Waals surface area contributed by atoms with Gasteiger partial charge in [-0.05, 0) is 47.4 Å². The van der Waals surface area contributed by atoms with Crippen LogP contribution >= 0.6 is 0 Å². The Morgan fingerprint density at radius 3 is 2.38 bits per heavy atom. The van der Waals surface area contributed by atoms with Crippen LogP contribution in [0.25, 0.3) is 11.1 Å². The van der Waals surface area contributed by atoms with Crippen LogP contribution in [0.1, 0.15) is 67.8 Å². The lowest BCUT2D eigenvalue weighted by atomic mass is 9.87. The van der Waals surface area contributed by atoms with Crippen molar-refractivity contribution in [3.63, 3.8) is 0 Å². The summed E-state index contributed by atoms with van der Waals surface area (Å²) in [7, 11) is 0. The molecule has 1 fully saturated rings. The zero-order chi connectivity index (χ0) is 29.1. The molecule has 218 valence electrons. The molecule has 0 spiro atoms. The lowest BCUT2D eigenvalue weighted by molar-refractivity contribution is -0.136. The summed E-state index contributed by atoms with van der Waals surface area (Å²) >= 11 is 0. The zero-order valence-corrected chi connectivity index (χ0v) is 24.4. The van der Waals surface area contributed by atoms with Crippen LogP contribution in [0.5, 0.6) is 5.75 Å². The Morgan fingerprint density at radius 2 is 1.60 bits per heavy atom. The molecule has 0 radical (unpaired) electrons. The van der Waals surface area contributed by atoms with Crippen molar-refractivity contribution in [3.05, 3.63) is 114 Å². The summed E-state index contributed by atoms with van der Waals surface area (Å²) in [5.41, 5.74) is 4.65. The normalized spacial score (nSPS) is 20.2. The number of fused-ring (bicyclic) bond motifs is 1. The minimum Gasteiger partial charge on any atom is -0.461 e. The molecule has 3 aromatic carbocycles. The molecule has 3 atom stereocenters. The van der Waals surface area contributed by atoms with Crippen molar-refractivity contribution in [2.75, 3.05) is 6.61 Å². The molecular formula is C37H40O5. The number of carbonyl (C=O) groups is 2. The maximum absolute atomic E-state index is 12.6. The first-order valence-corrected chi connectivity index (χ1v) is 15.2. The minimum atomic E-state index is -0.561. The summed E-state index contributed by atoms with van der Waals surface area (Å²) in [4.78, 5) is 25.1. The van der Waals surface area contributed by atoms with E-state index in [1.165, 1.54) is 38.2 Å². The second-order valence-electron chi connectivity index (χ2n) is 11.2. The van der Waals surface area contributed by atoms with Crippen LogP contribution in [-0.4, -0.2) is 24.6 Å². The van der Waals surface area contributed by atoms with Crippen molar-refractivity contribution >= 4 is 11.8 Å². The van der Waals surface area contributed by atoms with E-state index in [-0.39, 0.29) is 12.4 Å². The highest BCUT2D eigenvalue weighted by Gasteiger charge is 2.28. The molecule has 1 saturated carbocycles. The maximum atomic E-state index is 12.6. The van der Waals surface area contributed by atoms with Crippen molar-refractivity contribution in [1.29, 1.82) is 0 Å². The molecule has 3 aromatic rings. The van der Waals surface area contributed by atoms with Gasteiger partial charge in [0.15, 0.2) is 12.4 Å². The van der Waals surface area contributed by atoms with E-state index in [2.05, 4.69) is 6.92 Å². The molecule has 0 saturated heterocycles. The summed E-state index contributed by atoms with van der Waals surface area (Å²) < 4.78 is 17.6. The molecule has 5 heteroatoms. The molecule has 1 unspecified atom stereocenters. The van der Waals surface area contributed by atoms with Crippen LogP contribution in [-0.2, 0) is 20.9 Å². The smallest absolute Gasteiger partial charge is 0.331 e. The lowest BCUT2D eigenvalue weighted by Gasteiger charge is -2.29. The van der Waals surface area contributed by atoms with Gasteiger partial charge in [-0.1, -0.05) is 124 Å². The van der Waals surface area contributed by atoms with Crippen LogP contribution < -0.4 is 4.74 Å². The number of ketones is 1. The number of carbonyl (C=O) groups excluding carboxylic acids is 2. The molecule has 5 rings (SSSR count). The topological polar surface area (TPSA) is 61.8 Å². The Balaban J connectivity index is 1.18. The van der Waals surface area contributed by atoms with E-state index in [0.29, 0.717) is 18.1 Å². The number of benzene rings is 3. The van der Waals surface area contributed by atoms with Gasteiger partial charge in [0.05, 0.1) is 6.61 Å². The highest BCUT2D eigenvalue weighted by Crippen LogP contribution is 2.39. The Bertz CT molecular complexity index is 1390. The third-order valence-electron chi connectivity index (χ3n) is 8.38. The highest BCUT2D eigenvalue weighted by atomic mass is 16.7. The molecule has 0 bridgehead atoms. The predicted molar refractivity (Wildman–Crippen MR) is 165 cm³/mol. The number of para-hydroxylation sites is 1. The van der Waals surface area contributed by atoms with E-state index in [1.54, 1.807) is 18.2 Å². The molecule has 0 amide bonds. The molecular weight excluding hydrogens is 524 g/mol. The highest BCUT2D eigenvalue weighted by molar-refractivity contribution is 5.98. The number of hydrogen-bond donors (Lipinski definition) is 0. The summed E-state index contributed by atoms with van der Waals surface area (Å²) in [6, 6.07) is 25.2. The van der Waals surface area contributed by atoms with Crippen molar-refractivity contribution in [2.24, 2.45) is 11.8 Å². The van der Waals surface area contributed by atoms with E-state index < -0.39 is 12.3 Å². The number of rotatable bonds is 12. The van der Waals surface area contributed by atoms with Crippen molar-refractivity contribution in [3.8, 4) is 16.9 Å². The first-order valence-electron chi connectivity index (χ1n) is 15.2. The number of Topliss-reactive ketones (excluding diaryl/α,β-unsaturated/α-hetero) is 1. The van der Waals surface area contributed by atoms with Crippen molar-refractivity contribution in [1.82, 2.24) is 0 Å². The first kappa shape index (κ1) is 29.5. The molecule has 42 heavy (non-hydrogen) atoms. The Hall–Kier alpha value is -3.96. The monoisotopic (exact) mass is 564 g/mol. The molecule has 5 nitrogen and oxygen atoms in total. The first-order chi connectivity index (χ1) is 20.6. The largest absolute Gasteiger partial charge is 0.461 e. The van der Waals surface area contributed by atoms with Crippen molar-refractivity contribution in [2.45, 2.75) is 64.8 Å². The minimum absolute atomic E-state index is 0.242. The Morgan fingerprint density at radius 1 is 0.881 bits per heavy atom. The molecule has 0 aromatic heterocycles. The number of hydrogen-bond acceptors (Lipinski definition) is 5. The van der Waals surface area contributed by atoms with Crippen LogP contribution in [0.2, 0.25) is 0 Å². The van der Waals surface area contributed by atoms with Gasteiger partial charge < -0.3 is 14.2 Å². The summed E-state index contributed by atoms with van der Waals surface area (Å²) in [6.45, 7) is 2.44. The van der Waals surface area contributed by atoms with Crippen LogP contribution in [0.4, 0.5) is 0 Å². The molecule has 0 N–H and O–H groups in total. The van der Waals surface area contributed by atoms with E-state index in [4.69, 9.17) is 14.2 Å². The van der Waals surface area contributed by atoms with Crippen LogP contribution in [0.15, 0.2) is 103 Å². The van der Waals surface area contributed by atoms with Gasteiger partial charge in [-0.15, -0.1) is 0 Å². The molecule has 1 heterocycles. The van der Waals surface area contributed by atoms with Gasteiger partial charge in [0.25, 0.3) is 0 Å². The van der Waals surface area contributed by atoms with Gasteiger partial charge in [0.2, 0.25) is 6.29 Å². The fraction of sp³-hybridized carbons (Fsp3) is 0.351. The second kappa shape index (κ2) is 14.8. The average molecular weight is 565 g/mol. The lowest BCUT2D eigenvalue weighted by Crippen LogP contribution is -2.28. The second-order valence-corrected chi connectivity index (χ2v) is 11.2. The number of allylic oxidation sites excluding steroid dienone is 2. The Kier molecular flexibility index (Phi) is 10.4. The number of esters is 1. The zero-order valence-electron chi connectivity index (χ0n) is 24.4. The fourth-order valence-corrected chi connectivity index (χ4v) is 6.11. The number of ether oxygens (including phenoxy) is 3. The average Bonchev–Trinajstić information content (AvgIpc) is 3.48. The van der Waals surface area contributed by atoms with Crippen LogP contribution in [0.3, 0.4) is 0 Å². The maximum Gasteiger partial charge on any atom is 0.331 e. The fourth-order valence-electron chi connectivity index (χ4n) is 6.11. The van der Waals surface area contributed by atoms with Crippen LogP contribution in [0, 0.1) is 11.8 Å². The summed E-state index contributed by atoms with van der Waals surface area (Å²) in [5, 5.41) is 0.